The molecule has 142 valence electrons. The molecule has 0 aromatic heterocycles. The number of aryl methyl sites for hydroxylation is 1. The van der Waals surface area contributed by atoms with Crippen molar-refractivity contribution in [2.24, 2.45) is 5.92 Å². The number of amides is 1. The molecule has 0 aliphatic heterocycles. The second kappa shape index (κ2) is 6.93. The van der Waals surface area contributed by atoms with Crippen LogP contribution in [0.5, 0.6) is 0 Å². The van der Waals surface area contributed by atoms with Gasteiger partial charge in [0.2, 0.25) is 0 Å². The van der Waals surface area contributed by atoms with Gasteiger partial charge in [0, 0.05) is 18.5 Å². The fourth-order valence-corrected chi connectivity index (χ4v) is 3.39. The molecule has 1 aromatic carbocycles. The zero-order valence-electron chi connectivity index (χ0n) is 16.4. The Morgan fingerprint density at radius 3 is 2.50 bits per heavy atom. The summed E-state index contributed by atoms with van der Waals surface area (Å²) >= 11 is 0. The third kappa shape index (κ3) is 4.37. The fourth-order valence-electron chi connectivity index (χ4n) is 3.39. The van der Waals surface area contributed by atoms with E-state index >= 15 is 0 Å². The lowest BCUT2D eigenvalue weighted by molar-refractivity contribution is 0.0220. The van der Waals surface area contributed by atoms with Gasteiger partial charge in [-0.3, -0.25) is 0 Å². The Kier molecular flexibility index (Phi) is 5.00. The number of nitrogens with zero attached hydrogens (tertiary/aromatic N) is 1. The van der Waals surface area contributed by atoms with E-state index < -0.39 is 5.60 Å². The average Bonchev–Trinajstić information content (AvgIpc) is 3.45. The topological polar surface area (TPSA) is 55.8 Å². The van der Waals surface area contributed by atoms with Crippen LogP contribution in [0.25, 0.3) is 0 Å². The van der Waals surface area contributed by atoms with Crippen LogP contribution in [0.2, 0.25) is 0 Å². The number of hydrogen-bond acceptors (Lipinski definition) is 4. The second-order valence-electron chi connectivity index (χ2n) is 8.55. The normalized spacial score (nSPS) is 21.9. The molecule has 1 aromatic rings. The van der Waals surface area contributed by atoms with Crippen LogP contribution < -0.4 is 0 Å². The van der Waals surface area contributed by atoms with Crippen molar-refractivity contribution in [2.45, 2.75) is 64.5 Å². The third-order valence-corrected chi connectivity index (χ3v) is 5.04. The Morgan fingerprint density at radius 1 is 1.23 bits per heavy atom. The van der Waals surface area contributed by atoms with Gasteiger partial charge in [0.1, 0.15) is 5.60 Å². The molecular formula is C21H29NO4. The number of carbonyl (C=O) groups excluding carboxylic acids is 2. The molecule has 0 bridgehead atoms. The van der Waals surface area contributed by atoms with Crippen molar-refractivity contribution in [2.75, 3.05) is 13.7 Å². The van der Waals surface area contributed by atoms with Crippen LogP contribution in [0.3, 0.4) is 0 Å². The third-order valence-electron chi connectivity index (χ3n) is 5.04. The molecule has 2 unspecified atom stereocenters. The number of rotatable bonds is 5. The first-order chi connectivity index (χ1) is 12.2. The highest BCUT2D eigenvalue weighted by molar-refractivity contribution is 5.89. The Balaban J connectivity index is 1.77. The summed E-state index contributed by atoms with van der Waals surface area (Å²) in [4.78, 5) is 26.5. The first kappa shape index (κ1) is 18.7. The predicted octanol–water partition coefficient (Wildman–Crippen LogP) is 4.28. The minimum atomic E-state index is -0.496. The minimum Gasteiger partial charge on any atom is -0.465 e. The van der Waals surface area contributed by atoms with Gasteiger partial charge in [-0.2, -0.15) is 0 Å². The second-order valence-corrected chi connectivity index (χ2v) is 8.55. The van der Waals surface area contributed by atoms with Crippen molar-refractivity contribution < 1.29 is 19.1 Å². The fraction of sp³-hybridized carbons (Fsp3) is 0.619. The van der Waals surface area contributed by atoms with Gasteiger partial charge in [-0.25, -0.2) is 9.59 Å². The Morgan fingerprint density at radius 2 is 1.92 bits per heavy atom. The van der Waals surface area contributed by atoms with Crippen molar-refractivity contribution in [3.63, 3.8) is 0 Å². The smallest absolute Gasteiger partial charge is 0.410 e. The summed E-state index contributed by atoms with van der Waals surface area (Å²) in [5.41, 5.74) is 2.33. The molecule has 0 spiro atoms. The lowest BCUT2D eigenvalue weighted by atomic mass is 10.0. The van der Waals surface area contributed by atoms with E-state index in [2.05, 4.69) is 0 Å². The van der Waals surface area contributed by atoms with E-state index in [0.717, 1.165) is 24.1 Å². The lowest BCUT2D eigenvalue weighted by Gasteiger charge is -2.28. The number of carbonyl (C=O) groups is 2. The first-order valence-corrected chi connectivity index (χ1v) is 9.38. The van der Waals surface area contributed by atoms with Gasteiger partial charge in [-0.05, 0) is 76.1 Å². The molecule has 26 heavy (non-hydrogen) atoms. The van der Waals surface area contributed by atoms with Crippen molar-refractivity contribution in [3.05, 3.63) is 34.9 Å². The molecule has 0 radical (unpaired) electrons. The van der Waals surface area contributed by atoms with Crippen LogP contribution in [-0.4, -0.2) is 42.3 Å². The lowest BCUT2D eigenvalue weighted by Crippen LogP contribution is -2.40. The summed E-state index contributed by atoms with van der Waals surface area (Å²) in [6.07, 6.45) is 3.07. The number of hydrogen-bond donors (Lipinski definition) is 0. The molecule has 2 aliphatic carbocycles. The van der Waals surface area contributed by atoms with E-state index in [-0.39, 0.29) is 24.0 Å². The van der Waals surface area contributed by atoms with Crippen molar-refractivity contribution in [1.29, 1.82) is 0 Å². The Bertz CT molecular complexity index is 702. The maximum atomic E-state index is 12.7. The van der Waals surface area contributed by atoms with Gasteiger partial charge in [-0.15, -0.1) is 0 Å². The molecule has 0 N–H and O–H groups in total. The molecule has 2 atom stereocenters. The van der Waals surface area contributed by atoms with E-state index in [1.165, 1.54) is 20.0 Å². The van der Waals surface area contributed by atoms with Crippen LogP contribution >= 0.6 is 0 Å². The van der Waals surface area contributed by atoms with E-state index in [9.17, 15) is 9.59 Å². The number of ether oxygens (including phenoxy) is 2. The SMILES string of the molecule is COC(=O)c1ccc(C)c(C2CC2N(CC2CC2)C(=O)OC(C)(C)C)c1. The molecule has 1 amide bonds. The molecule has 2 aliphatic rings. The van der Waals surface area contributed by atoms with Crippen molar-refractivity contribution >= 4 is 12.1 Å². The van der Waals surface area contributed by atoms with Crippen molar-refractivity contribution in [1.82, 2.24) is 4.90 Å². The summed E-state index contributed by atoms with van der Waals surface area (Å²) in [6, 6.07) is 5.81. The monoisotopic (exact) mass is 359 g/mol. The summed E-state index contributed by atoms with van der Waals surface area (Å²) in [6.45, 7) is 8.51. The summed E-state index contributed by atoms with van der Waals surface area (Å²) < 4.78 is 10.5. The highest BCUT2D eigenvalue weighted by Gasteiger charge is 2.48. The Labute approximate surface area is 155 Å². The standard InChI is InChI=1S/C21H29NO4/c1-13-6-9-15(19(23)25-5)10-16(13)17-11-18(17)22(12-14-7-8-14)20(24)26-21(2,3)4/h6,9-10,14,17-18H,7-8,11-12H2,1-5H3. The van der Waals surface area contributed by atoms with Gasteiger partial charge in [-0.1, -0.05) is 6.07 Å². The van der Waals surface area contributed by atoms with Gasteiger partial charge >= 0.3 is 12.1 Å². The van der Waals surface area contributed by atoms with Crippen LogP contribution in [-0.2, 0) is 9.47 Å². The van der Waals surface area contributed by atoms with Gasteiger partial charge < -0.3 is 14.4 Å². The predicted molar refractivity (Wildman–Crippen MR) is 99.3 cm³/mol. The molecule has 0 heterocycles. The van der Waals surface area contributed by atoms with Crippen molar-refractivity contribution in [3.8, 4) is 0 Å². The van der Waals surface area contributed by atoms with E-state index in [4.69, 9.17) is 9.47 Å². The largest absolute Gasteiger partial charge is 0.465 e. The molecule has 5 heteroatoms. The van der Waals surface area contributed by atoms with E-state index in [0.29, 0.717) is 11.5 Å². The first-order valence-electron chi connectivity index (χ1n) is 9.38. The zero-order valence-corrected chi connectivity index (χ0v) is 16.4. The highest BCUT2D eigenvalue weighted by atomic mass is 16.6. The quantitative estimate of drug-likeness (QED) is 0.736. The molecule has 2 saturated carbocycles. The van der Waals surface area contributed by atoms with Gasteiger partial charge in [0.25, 0.3) is 0 Å². The van der Waals surface area contributed by atoms with Gasteiger partial charge in [0.05, 0.1) is 12.7 Å². The summed E-state index contributed by atoms with van der Waals surface area (Å²) in [7, 11) is 1.39. The highest BCUT2D eigenvalue weighted by Crippen LogP contribution is 2.47. The number of benzene rings is 1. The molecule has 3 rings (SSSR count). The maximum Gasteiger partial charge on any atom is 0.410 e. The van der Waals surface area contributed by atoms with Crippen LogP contribution in [0.4, 0.5) is 4.79 Å². The molecular weight excluding hydrogens is 330 g/mol. The maximum absolute atomic E-state index is 12.7. The molecule has 5 nitrogen and oxygen atoms in total. The summed E-state index contributed by atoms with van der Waals surface area (Å²) in [5, 5.41) is 0. The molecule has 0 saturated heterocycles. The molecule has 2 fully saturated rings. The van der Waals surface area contributed by atoms with Crippen LogP contribution in [0, 0.1) is 12.8 Å². The van der Waals surface area contributed by atoms with E-state index in [1.807, 2.05) is 44.7 Å². The van der Waals surface area contributed by atoms with Gasteiger partial charge in [0.15, 0.2) is 0 Å². The summed E-state index contributed by atoms with van der Waals surface area (Å²) in [5.74, 6) is 0.530. The zero-order chi connectivity index (χ0) is 19.1. The number of esters is 1. The van der Waals surface area contributed by atoms with Crippen LogP contribution in [0.15, 0.2) is 18.2 Å². The Hall–Kier alpha value is -2.04. The van der Waals surface area contributed by atoms with E-state index in [1.54, 1.807) is 6.07 Å². The number of methoxy groups -OCH3 is 1. The average molecular weight is 359 g/mol. The van der Waals surface area contributed by atoms with Crippen LogP contribution in [0.1, 0.15) is 67.4 Å². The minimum absolute atomic E-state index is 0.150.